The molecule has 1 aromatic heterocycles. The molecule has 162 valence electrons. The molecule has 4 rings (SSSR count). The lowest BCUT2D eigenvalue weighted by Crippen LogP contribution is -2.39. The molecule has 0 radical (unpaired) electrons. The zero-order valence-electron chi connectivity index (χ0n) is 17.2. The number of thiophene rings is 1. The quantitative estimate of drug-likeness (QED) is 0.426. The maximum atomic E-state index is 11.9. The summed E-state index contributed by atoms with van der Waals surface area (Å²) in [5.74, 6) is 0.533. The van der Waals surface area contributed by atoms with Crippen LogP contribution in [0.3, 0.4) is 0 Å². The monoisotopic (exact) mass is 501 g/mol. The number of ether oxygens (including phenoxy) is 2. The van der Waals surface area contributed by atoms with Gasteiger partial charge in [0.05, 0.1) is 16.9 Å². The Labute approximate surface area is 194 Å². The fourth-order valence-electron chi connectivity index (χ4n) is 4.07. The van der Waals surface area contributed by atoms with Crippen molar-refractivity contribution < 1.29 is 19.4 Å². The predicted octanol–water partition coefficient (Wildman–Crippen LogP) is 5.74. The fraction of sp³-hybridized carbons (Fsp3) is 0.292. The number of carboxylic acids is 1. The third-order valence-electron chi connectivity index (χ3n) is 5.51. The van der Waals surface area contributed by atoms with E-state index in [1.807, 2.05) is 54.6 Å². The first-order valence-electron chi connectivity index (χ1n) is 10.1. The Morgan fingerprint density at radius 3 is 2.68 bits per heavy atom. The van der Waals surface area contributed by atoms with Gasteiger partial charge < -0.3 is 14.6 Å². The second-order valence-electron chi connectivity index (χ2n) is 7.46. The molecule has 7 heteroatoms. The van der Waals surface area contributed by atoms with E-state index in [4.69, 9.17) is 9.47 Å². The number of rotatable bonds is 8. The van der Waals surface area contributed by atoms with Crippen molar-refractivity contribution in [2.24, 2.45) is 0 Å². The fourth-order valence-corrected chi connectivity index (χ4v) is 5.64. The van der Waals surface area contributed by atoms with Gasteiger partial charge in [-0.3, -0.25) is 9.69 Å². The molecule has 0 amide bonds. The number of carboxylic acid groups (broad SMARTS) is 1. The molecule has 31 heavy (non-hydrogen) atoms. The minimum absolute atomic E-state index is 0.156. The van der Waals surface area contributed by atoms with Gasteiger partial charge in [0.15, 0.2) is 11.5 Å². The van der Waals surface area contributed by atoms with E-state index in [-0.39, 0.29) is 6.04 Å². The first kappa shape index (κ1) is 21.9. The van der Waals surface area contributed by atoms with Crippen molar-refractivity contribution in [1.82, 2.24) is 4.90 Å². The van der Waals surface area contributed by atoms with Crippen LogP contribution in [0.2, 0.25) is 0 Å². The van der Waals surface area contributed by atoms with E-state index < -0.39 is 12.0 Å². The Bertz CT molecular complexity index is 1040. The first-order valence-corrected chi connectivity index (χ1v) is 11.8. The molecule has 1 aliphatic rings. The average Bonchev–Trinajstić information content (AvgIpc) is 3.43. The van der Waals surface area contributed by atoms with Crippen molar-refractivity contribution >= 4 is 33.2 Å². The van der Waals surface area contributed by atoms with Crippen LogP contribution in [0.1, 0.15) is 34.9 Å². The largest absolute Gasteiger partial charge is 0.493 e. The first-order chi connectivity index (χ1) is 15.1. The van der Waals surface area contributed by atoms with Gasteiger partial charge in [-0.05, 0) is 64.2 Å². The number of benzene rings is 2. The van der Waals surface area contributed by atoms with Gasteiger partial charge in [-0.2, -0.15) is 0 Å². The van der Waals surface area contributed by atoms with Gasteiger partial charge in [0.25, 0.3) is 0 Å². The summed E-state index contributed by atoms with van der Waals surface area (Å²) >= 11 is 5.17. The van der Waals surface area contributed by atoms with Crippen LogP contribution < -0.4 is 9.47 Å². The van der Waals surface area contributed by atoms with E-state index in [1.165, 1.54) is 0 Å². The van der Waals surface area contributed by atoms with Crippen molar-refractivity contribution in [3.8, 4) is 11.5 Å². The zero-order valence-corrected chi connectivity index (χ0v) is 19.6. The SMILES string of the molecule is COc1cc(C(c2ccc(Br)s2)N2CCCC2C(=O)O)ccc1OCc1ccccc1. The summed E-state index contributed by atoms with van der Waals surface area (Å²) in [6.45, 7) is 1.19. The van der Waals surface area contributed by atoms with Gasteiger partial charge in [-0.15, -0.1) is 11.3 Å². The number of methoxy groups -OCH3 is 1. The van der Waals surface area contributed by atoms with Crippen molar-refractivity contribution in [2.45, 2.75) is 31.5 Å². The highest BCUT2D eigenvalue weighted by atomic mass is 79.9. The van der Waals surface area contributed by atoms with Crippen LogP contribution in [0.15, 0.2) is 64.5 Å². The lowest BCUT2D eigenvalue weighted by atomic mass is 10.0. The van der Waals surface area contributed by atoms with Crippen molar-refractivity contribution in [2.75, 3.05) is 13.7 Å². The van der Waals surface area contributed by atoms with E-state index in [0.717, 1.165) is 32.8 Å². The maximum Gasteiger partial charge on any atom is 0.320 e. The molecular weight excluding hydrogens is 478 g/mol. The summed E-state index contributed by atoms with van der Waals surface area (Å²) in [5.41, 5.74) is 2.07. The van der Waals surface area contributed by atoms with Gasteiger partial charge in [0.2, 0.25) is 0 Å². The van der Waals surface area contributed by atoms with Gasteiger partial charge in [0.1, 0.15) is 12.6 Å². The van der Waals surface area contributed by atoms with E-state index >= 15 is 0 Å². The molecule has 2 heterocycles. The Hall–Kier alpha value is -2.35. The molecule has 2 unspecified atom stereocenters. The van der Waals surface area contributed by atoms with E-state index in [1.54, 1.807) is 18.4 Å². The predicted molar refractivity (Wildman–Crippen MR) is 125 cm³/mol. The molecule has 1 saturated heterocycles. The minimum Gasteiger partial charge on any atom is -0.493 e. The molecule has 1 N–H and O–H groups in total. The van der Waals surface area contributed by atoms with Crippen LogP contribution in [0.4, 0.5) is 0 Å². The van der Waals surface area contributed by atoms with Gasteiger partial charge in [-0.1, -0.05) is 36.4 Å². The normalized spacial score (nSPS) is 17.4. The molecule has 0 saturated carbocycles. The van der Waals surface area contributed by atoms with Gasteiger partial charge in [-0.25, -0.2) is 0 Å². The Balaban J connectivity index is 1.65. The number of hydrogen-bond donors (Lipinski definition) is 1. The van der Waals surface area contributed by atoms with Gasteiger partial charge >= 0.3 is 5.97 Å². The smallest absolute Gasteiger partial charge is 0.320 e. The van der Waals surface area contributed by atoms with Gasteiger partial charge in [0, 0.05) is 11.4 Å². The van der Waals surface area contributed by atoms with Crippen molar-refractivity contribution in [3.63, 3.8) is 0 Å². The summed E-state index contributed by atoms with van der Waals surface area (Å²) in [5, 5.41) is 9.76. The van der Waals surface area contributed by atoms with Crippen molar-refractivity contribution in [3.05, 3.63) is 80.5 Å². The highest BCUT2D eigenvalue weighted by Gasteiger charge is 2.37. The summed E-state index contributed by atoms with van der Waals surface area (Å²) in [4.78, 5) is 15.1. The summed E-state index contributed by atoms with van der Waals surface area (Å²) in [6.07, 6.45) is 1.53. The molecule has 2 aromatic carbocycles. The Morgan fingerprint density at radius 1 is 1.19 bits per heavy atom. The molecule has 1 fully saturated rings. The molecule has 5 nitrogen and oxygen atoms in total. The number of hydrogen-bond acceptors (Lipinski definition) is 5. The second kappa shape index (κ2) is 9.85. The number of likely N-dealkylation sites (tertiary alicyclic amines) is 1. The number of halogens is 1. The summed E-state index contributed by atoms with van der Waals surface area (Å²) < 4.78 is 12.7. The van der Waals surface area contributed by atoms with E-state index in [0.29, 0.717) is 24.5 Å². The average molecular weight is 502 g/mol. The molecule has 0 bridgehead atoms. The summed E-state index contributed by atoms with van der Waals surface area (Å²) in [7, 11) is 1.63. The minimum atomic E-state index is -0.770. The van der Waals surface area contributed by atoms with Crippen LogP contribution in [-0.4, -0.2) is 35.7 Å². The van der Waals surface area contributed by atoms with Crippen LogP contribution in [-0.2, 0) is 11.4 Å². The second-order valence-corrected chi connectivity index (χ2v) is 9.96. The van der Waals surface area contributed by atoms with E-state index in [2.05, 4.69) is 26.9 Å². The highest BCUT2D eigenvalue weighted by molar-refractivity contribution is 9.11. The third-order valence-corrected chi connectivity index (χ3v) is 7.19. The number of carbonyl (C=O) groups is 1. The number of aliphatic carboxylic acids is 1. The van der Waals surface area contributed by atoms with Crippen LogP contribution in [0, 0.1) is 0 Å². The lowest BCUT2D eigenvalue weighted by Gasteiger charge is -2.31. The topological polar surface area (TPSA) is 59.0 Å². The molecule has 0 aliphatic carbocycles. The molecule has 2 atom stereocenters. The number of nitrogens with zero attached hydrogens (tertiary/aromatic N) is 1. The maximum absolute atomic E-state index is 11.9. The Kier molecular flexibility index (Phi) is 6.95. The standard InChI is InChI=1S/C24H24BrNO4S/c1-29-20-14-17(9-10-19(20)30-15-16-6-3-2-4-7-16)23(21-11-12-22(25)31-21)26-13-5-8-18(26)24(27)28/h2-4,6-7,9-12,14,18,23H,5,8,13,15H2,1H3,(H,27,28). The van der Waals surface area contributed by atoms with Crippen LogP contribution >= 0.6 is 27.3 Å². The molecular formula is C24H24BrNO4S. The Morgan fingerprint density at radius 2 is 2.00 bits per heavy atom. The van der Waals surface area contributed by atoms with Crippen LogP contribution in [0.25, 0.3) is 0 Å². The zero-order chi connectivity index (χ0) is 21.8. The molecule has 0 spiro atoms. The van der Waals surface area contributed by atoms with Crippen molar-refractivity contribution in [1.29, 1.82) is 0 Å². The summed E-state index contributed by atoms with van der Waals surface area (Å²) in [6, 6.07) is 19.3. The molecule has 1 aliphatic heterocycles. The van der Waals surface area contributed by atoms with E-state index in [9.17, 15) is 9.90 Å². The highest BCUT2D eigenvalue weighted by Crippen LogP contribution is 2.41. The lowest BCUT2D eigenvalue weighted by molar-refractivity contribution is -0.142. The molecule has 3 aromatic rings. The third kappa shape index (κ3) is 4.95. The van der Waals surface area contributed by atoms with Crippen LogP contribution in [0.5, 0.6) is 11.5 Å².